The van der Waals surface area contributed by atoms with Crippen LogP contribution in [0, 0.1) is 0 Å². The van der Waals surface area contributed by atoms with E-state index in [2.05, 4.69) is 13.5 Å². The molecule has 0 saturated carbocycles. The first-order valence-corrected chi connectivity index (χ1v) is 9.70. The fourth-order valence-electron chi connectivity index (χ4n) is 0.817. The molecule has 0 nitrogen and oxygen atoms in total. The Balaban J connectivity index is 2.83. The van der Waals surface area contributed by atoms with Crippen LogP contribution in [0.2, 0.25) is 12.6 Å². The molecule has 0 atom stereocenters. The van der Waals surface area contributed by atoms with Crippen molar-refractivity contribution in [3.05, 3.63) is 0 Å². The van der Waals surface area contributed by atoms with Crippen LogP contribution >= 0.6 is 0 Å². The van der Waals surface area contributed by atoms with Crippen molar-refractivity contribution < 1.29 is 23.3 Å². The minimum absolute atomic E-state index is 0.175. The molecule has 0 N–H and O–H groups in total. The molecular weight excluding hydrogens is 203 g/mol. The summed E-state index contributed by atoms with van der Waals surface area (Å²) in [5.41, 5.74) is 0.175. The van der Waals surface area contributed by atoms with Crippen molar-refractivity contribution in [3.63, 3.8) is 0 Å². The molecule has 9 heavy (non-hydrogen) atoms. The van der Waals surface area contributed by atoms with Gasteiger partial charge < -0.3 is 0 Å². The zero-order valence-electron chi connectivity index (χ0n) is 6.54. The first-order chi connectivity index (χ1) is 4.27. The van der Waals surface area contributed by atoms with Crippen molar-refractivity contribution in [2.24, 2.45) is 0 Å². The summed E-state index contributed by atoms with van der Waals surface area (Å²) in [4.78, 5) is 0. The molecular formula is C7H16SiZr+2. The van der Waals surface area contributed by atoms with E-state index in [-0.39, 0.29) is 5.43 Å². The van der Waals surface area contributed by atoms with Gasteiger partial charge in [-0.25, -0.2) is 0 Å². The van der Waals surface area contributed by atoms with Crippen LogP contribution in [0.1, 0.15) is 32.6 Å². The van der Waals surface area contributed by atoms with Gasteiger partial charge in [-0.2, -0.15) is 0 Å². The number of unbranched alkanes of at least 4 members (excludes halogenated alkanes) is 3. The fraction of sp³-hybridized carbons (Fsp3) is 1.00. The molecule has 0 amide bonds. The van der Waals surface area contributed by atoms with Gasteiger partial charge in [0.05, 0.1) is 0 Å². The first-order valence-electron chi connectivity index (χ1n) is 3.81. The second kappa shape index (κ2) is 7.21. The van der Waals surface area contributed by atoms with Crippen molar-refractivity contribution in [1.29, 1.82) is 0 Å². The summed E-state index contributed by atoms with van der Waals surface area (Å²) in [5.74, 6) is 0. The van der Waals surface area contributed by atoms with Crippen LogP contribution in [0.3, 0.4) is 0 Å². The van der Waals surface area contributed by atoms with E-state index < -0.39 is 0 Å². The third-order valence-electron chi connectivity index (χ3n) is 1.41. The molecule has 0 aromatic rings. The van der Waals surface area contributed by atoms with E-state index in [0.717, 1.165) is 0 Å². The van der Waals surface area contributed by atoms with Crippen LogP contribution < -0.4 is 0 Å². The normalized spacial score (nSPS) is 9.78. The molecule has 0 aromatic heterocycles. The molecule has 0 saturated heterocycles. The summed E-state index contributed by atoms with van der Waals surface area (Å²) in [6, 6.07) is 1.56. The van der Waals surface area contributed by atoms with Crippen molar-refractivity contribution in [2.75, 3.05) is 0 Å². The zero-order valence-corrected chi connectivity index (χ0v) is 9.99. The average Bonchev–Trinajstić information content (AvgIpc) is 1.80. The molecule has 2 heteroatoms. The Morgan fingerprint density at radius 2 is 1.89 bits per heavy atom. The van der Waals surface area contributed by atoms with Crippen molar-refractivity contribution in [3.8, 4) is 0 Å². The van der Waals surface area contributed by atoms with Crippen LogP contribution in [0.25, 0.3) is 0 Å². The van der Waals surface area contributed by atoms with E-state index >= 15 is 0 Å². The second-order valence-electron chi connectivity index (χ2n) is 2.59. The van der Waals surface area contributed by atoms with Gasteiger partial charge in [-0.1, -0.05) is 0 Å². The maximum absolute atomic E-state index is 2.44. The molecule has 0 aromatic carbocycles. The Kier molecular flexibility index (Phi) is 8.09. The molecule has 0 fully saturated rings. The van der Waals surface area contributed by atoms with Crippen LogP contribution in [0.4, 0.5) is 0 Å². The van der Waals surface area contributed by atoms with Gasteiger partial charge >= 0.3 is 74.0 Å². The molecule has 0 aliphatic rings. The first kappa shape index (κ1) is 10.1. The van der Waals surface area contributed by atoms with Crippen molar-refractivity contribution in [2.45, 2.75) is 45.2 Å². The molecule has 0 unspecified atom stereocenters. The summed E-state index contributed by atoms with van der Waals surface area (Å²) >= 11 is 1.81. The summed E-state index contributed by atoms with van der Waals surface area (Å²) in [5, 5.41) is 0. The van der Waals surface area contributed by atoms with Gasteiger partial charge in [-0.15, -0.1) is 0 Å². The van der Waals surface area contributed by atoms with Crippen LogP contribution in [-0.2, 0) is 23.3 Å². The minimum atomic E-state index is 0.175. The SMILES string of the molecule is CCCCCC[Si](C)=[Zr+2]. The Morgan fingerprint density at radius 3 is 2.33 bits per heavy atom. The van der Waals surface area contributed by atoms with E-state index in [9.17, 15) is 0 Å². The molecule has 0 radical (unpaired) electrons. The topological polar surface area (TPSA) is 0 Å². The Morgan fingerprint density at radius 1 is 1.22 bits per heavy atom. The third-order valence-corrected chi connectivity index (χ3v) is 4.35. The van der Waals surface area contributed by atoms with E-state index in [1.165, 1.54) is 25.7 Å². The van der Waals surface area contributed by atoms with E-state index in [1.54, 1.807) is 6.04 Å². The van der Waals surface area contributed by atoms with Gasteiger partial charge in [0.25, 0.3) is 0 Å². The van der Waals surface area contributed by atoms with Gasteiger partial charge in [0.1, 0.15) is 0 Å². The Bertz CT molecular complexity index is 81.0. The molecule has 0 aliphatic carbocycles. The van der Waals surface area contributed by atoms with Crippen LogP contribution in [0.5, 0.6) is 0 Å². The van der Waals surface area contributed by atoms with Gasteiger partial charge in [-0.3, -0.25) is 0 Å². The summed E-state index contributed by atoms with van der Waals surface area (Å²) in [6.45, 7) is 4.71. The monoisotopic (exact) mass is 218 g/mol. The van der Waals surface area contributed by atoms with Crippen LogP contribution in [0.15, 0.2) is 0 Å². The molecule has 0 rings (SSSR count). The Labute approximate surface area is 73.8 Å². The zero-order chi connectivity index (χ0) is 7.11. The van der Waals surface area contributed by atoms with Gasteiger partial charge in [0.15, 0.2) is 0 Å². The summed E-state index contributed by atoms with van der Waals surface area (Å²) in [6.07, 6.45) is 5.81. The number of hydrogen-bond donors (Lipinski definition) is 0. The third kappa shape index (κ3) is 9.10. The molecule has 0 heterocycles. The summed E-state index contributed by atoms with van der Waals surface area (Å²) in [7, 11) is 0. The van der Waals surface area contributed by atoms with E-state index in [0.29, 0.717) is 0 Å². The van der Waals surface area contributed by atoms with Crippen molar-refractivity contribution >= 4 is 5.43 Å². The fourth-order valence-corrected chi connectivity index (χ4v) is 2.90. The standard InChI is InChI=1S/C7H16Si.Zr/c1-3-4-5-6-7-8-2;/h3-7H2,1-2H3;/q;+2. The quantitative estimate of drug-likeness (QED) is 0.493. The predicted molar refractivity (Wildman–Crippen MR) is 40.6 cm³/mol. The van der Waals surface area contributed by atoms with Crippen LogP contribution in [-0.4, -0.2) is 5.43 Å². The van der Waals surface area contributed by atoms with Crippen molar-refractivity contribution in [1.82, 2.24) is 0 Å². The van der Waals surface area contributed by atoms with Gasteiger partial charge in [0.2, 0.25) is 0 Å². The number of hydrogen-bond acceptors (Lipinski definition) is 0. The van der Waals surface area contributed by atoms with Gasteiger partial charge in [-0.05, 0) is 0 Å². The molecule has 0 bridgehead atoms. The molecule has 0 spiro atoms. The van der Waals surface area contributed by atoms with Gasteiger partial charge in [0, 0.05) is 0 Å². The van der Waals surface area contributed by atoms with E-state index in [1.807, 2.05) is 23.3 Å². The number of rotatable bonds is 5. The predicted octanol–water partition coefficient (Wildman–Crippen LogP) is 2.73. The molecule has 0 aliphatic heterocycles. The average molecular weight is 220 g/mol. The molecule has 50 valence electrons. The Hall–Kier alpha value is 1.10. The second-order valence-corrected chi connectivity index (χ2v) is 10.9. The van der Waals surface area contributed by atoms with E-state index in [4.69, 9.17) is 0 Å². The summed E-state index contributed by atoms with van der Waals surface area (Å²) < 4.78 is 0. The maximum atomic E-state index is 2.44.